The lowest BCUT2D eigenvalue weighted by Crippen LogP contribution is -2.33. The zero-order valence-corrected chi connectivity index (χ0v) is 14.5. The van der Waals surface area contributed by atoms with Crippen LogP contribution >= 0.6 is 0 Å². The largest absolute Gasteiger partial charge is 0.381 e. The summed E-state index contributed by atoms with van der Waals surface area (Å²) in [6.07, 6.45) is 5.72. The first-order chi connectivity index (χ1) is 12.5. The van der Waals surface area contributed by atoms with Gasteiger partial charge in [-0.3, -0.25) is 14.9 Å². The monoisotopic (exact) mass is 364 g/mol. The van der Waals surface area contributed by atoms with Crippen LogP contribution in [-0.4, -0.2) is 46.1 Å². The van der Waals surface area contributed by atoms with E-state index in [4.69, 9.17) is 10.5 Å². The molecule has 1 saturated carbocycles. The molecule has 26 heavy (non-hydrogen) atoms. The molecule has 1 amide bonds. The van der Waals surface area contributed by atoms with Gasteiger partial charge in [0.1, 0.15) is 6.20 Å². The molecule has 0 bridgehead atoms. The molecule has 142 valence electrons. The van der Waals surface area contributed by atoms with Gasteiger partial charge in [0, 0.05) is 31.2 Å². The number of hydrogen-bond acceptors (Lipinski definition) is 8. The van der Waals surface area contributed by atoms with Crippen LogP contribution < -0.4 is 16.4 Å². The summed E-state index contributed by atoms with van der Waals surface area (Å²) < 4.78 is 5.32. The number of amides is 1. The summed E-state index contributed by atoms with van der Waals surface area (Å²) in [6, 6.07) is 0.221. The number of ether oxygens (including phenoxy) is 1. The highest BCUT2D eigenvalue weighted by molar-refractivity contribution is 5.76. The van der Waals surface area contributed by atoms with Gasteiger partial charge in [-0.25, -0.2) is 4.98 Å². The second-order valence-electron chi connectivity index (χ2n) is 6.81. The van der Waals surface area contributed by atoms with Gasteiger partial charge in [0.2, 0.25) is 17.7 Å². The molecule has 0 aromatic carbocycles. The summed E-state index contributed by atoms with van der Waals surface area (Å²) in [6.45, 7) is 1.36. The van der Waals surface area contributed by atoms with Crippen molar-refractivity contribution in [2.75, 3.05) is 23.8 Å². The van der Waals surface area contributed by atoms with Crippen LogP contribution in [0.3, 0.4) is 0 Å². The third kappa shape index (κ3) is 4.57. The van der Waals surface area contributed by atoms with Crippen molar-refractivity contribution in [3.63, 3.8) is 0 Å². The number of primary amides is 1. The van der Waals surface area contributed by atoms with E-state index in [0.717, 1.165) is 25.7 Å². The van der Waals surface area contributed by atoms with Crippen LogP contribution in [0.4, 0.5) is 17.5 Å². The zero-order valence-electron chi connectivity index (χ0n) is 14.5. The Bertz CT molecular complexity index is 656. The van der Waals surface area contributed by atoms with E-state index in [1.807, 2.05) is 0 Å². The molecule has 1 aromatic rings. The molecule has 2 aliphatic rings. The quantitative estimate of drug-likeness (QED) is 0.507. The molecule has 0 spiro atoms. The lowest BCUT2D eigenvalue weighted by Gasteiger charge is -2.27. The predicted octanol–water partition coefficient (Wildman–Crippen LogP) is 1.43. The number of nitro groups is 1. The maximum atomic E-state index is 11.3. The molecule has 4 N–H and O–H groups in total. The molecule has 2 heterocycles. The molecule has 10 nitrogen and oxygen atoms in total. The fourth-order valence-corrected chi connectivity index (χ4v) is 3.42. The average Bonchev–Trinajstić information content (AvgIpc) is 2.63. The average molecular weight is 364 g/mol. The zero-order chi connectivity index (χ0) is 18.5. The number of nitrogens with zero attached hydrogens (tertiary/aromatic N) is 3. The maximum absolute atomic E-state index is 11.3. The molecule has 10 heteroatoms. The normalized spacial score (nSPS) is 24.0. The van der Waals surface area contributed by atoms with Crippen molar-refractivity contribution in [1.82, 2.24) is 9.97 Å². The van der Waals surface area contributed by atoms with Crippen LogP contribution in [0.5, 0.6) is 0 Å². The van der Waals surface area contributed by atoms with E-state index in [1.165, 1.54) is 6.20 Å². The Morgan fingerprint density at radius 2 is 1.81 bits per heavy atom. The van der Waals surface area contributed by atoms with Gasteiger partial charge in [0.25, 0.3) is 0 Å². The van der Waals surface area contributed by atoms with Crippen molar-refractivity contribution in [3.8, 4) is 0 Å². The van der Waals surface area contributed by atoms with E-state index in [1.54, 1.807) is 0 Å². The number of rotatable bonds is 6. The van der Waals surface area contributed by atoms with Crippen LogP contribution in [0.2, 0.25) is 0 Å². The number of nitrogens with two attached hydrogens (primary N) is 1. The first-order valence-electron chi connectivity index (χ1n) is 8.94. The Morgan fingerprint density at radius 1 is 1.15 bits per heavy atom. The van der Waals surface area contributed by atoms with Gasteiger partial charge >= 0.3 is 5.69 Å². The molecule has 0 radical (unpaired) electrons. The van der Waals surface area contributed by atoms with Crippen LogP contribution in [0.1, 0.15) is 38.5 Å². The van der Waals surface area contributed by atoms with Gasteiger partial charge in [-0.15, -0.1) is 0 Å². The predicted molar refractivity (Wildman–Crippen MR) is 94.7 cm³/mol. The van der Waals surface area contributed by atoms with Crippen molar-refractivity contribution in [2.45, 2.75) is 50.6 Å². The standard InChI is InChI=1S/C16H24N6O4/c17-14(23)10-1-3-11(4-2-10)19-15-13(22(24)25)9-18-16(21-15)20-12-5-7-26-8-6-12/h9-12H,1-8H2,(H2,17,23)(H2,18,19,20,21). The molecule has 0 unspecified atom stereocenters. The van der Waals surface area contributed by atoms with Gasteiger partial charge in [-0.1, -0.05) is 0 Å². The van der Waals surface area contributed by atoms with E-state index >= 15 is 0 Å². The Morgan fingerprint density at radius 3 is 2.42 bits per heavy atom. The van der Waals surface area contributed by atoms with Crippen molar-refractivity contribution in [1.29, 1.82) is 0 Å². The van der Waals surface area contributed by atoms with E-state index in [-0.39, 0.29) is 35.4 Å². The van der Waals surface area contributed by atoms with Crippen LogP contribution in [0.15, 0.2) is 6.20 Å². The number of nitrogens with one attached hydrogen (secondary N) is 2. The van der Waals surface area contributed by atoms with Crippen molar-refractivity contribution < 1.29 is 14.5 Å². The summed E-state index contributed by atoms with van der Waals surface area (Å²) in [7, 11) is 0. The second kappa shape index (κ2) is 8.26. The van der Waals surface area contributed by atoms with E-state index in [9.17, 15) is 14.9 Å². The number of aromatic nitrogens is 2. The minimum Gasteiger partial charge on any atom is -0.381 e. The molecule has 1 saturated heterocycles. The Kier molecular flexibility index (Phi) is 5.82. The lowest BCUT2D eigenvalue weighted by atomic mass is 9.85. The summed E-state index contributed by atoms with van der Waals surface area (Å²) in [5.74, 6) is 0.191. The van der Waals surface area contributed by atoms with Gasteiger partial charge in [0.05, 0.1) is 4.92 Å². The summed E-state index contributed by atoms with van der Waals surface area (Å²) >= 11 is 0. The number of carbonyl (C=O) groups is 1. The van der Waals surface area contributed by atoms with E-state index in [0.29, 0.717) is 32.0 Å². The van der Waals surface area contributed by atoms with Crippen molar-refractivity contribution >= 4 is 23.4 Å². The minimum atomic E-state index is -0.490. The number of carbonyl (C=O) groups excluding carboxylic acids is 1. The van der Waals surface area contributed by atoms with Crippen molar-refractivity contribution in [2.24, 2.45) is 11.7 Å². The first kappa shape index (κ1) is 18.3. The highest BCUT2D eigenvalue weighted by Crippen LogP contribution is 2.29. The number of anilines is 2. The van der Waals surface area contributed by atoms with Crippen LogP contribution in [-0.2, 0) is 9.53 Å². The third-order valence-electron chi connectivity index (χ3n) is 4.99. The Hall–Kier alpha value is -2.49. The second-order valence-corrected chi connectivity index (χ2v) is 6.81. The topological polar surface area (TPSA) is 145 Å². The number of hydrogen-bond donors (Lipinski definition) is 3. The Labute approximate surface area is 151 Å². The molecule has 0 atom stereocenters. The highest BCUT2D eigenvalue weighted by atomic mass is 16.6. The first-order valence-corrected chi connectivity index (χ1v) is 8.94. The highest BCUT2D eigenvalue weighted by Gasteiger charge is 2.27. The van der Waals surface area contributed by atoms with Gasteiger partial charge in [-0.2, -0.15) is 4.98 Å². The van der Waals surface area contributed by atoms with E-state index < -0.39 is 4.92 Å². The lowest BCUT2D eigenvalue weighted by molar-refractivity contribution is -0.384. The maximum Gasteiger partial charge on any atom is 0.329 e. The van der Waals surface area contributed by atoms with Gasteiger partial charge in [-0.05, 0) is 38.5 Å². The molecule has 1 aliphatic heterocycles. The molecular weight excluding hydrogens is 340 g/mol. The summed E-state index contributed by atoms with van der Waals surface area (Å²) in [5, 5.41) is 17.7. The smallest absolute Gasteiger partial charge is 0.329 e. The third-order valence-corrected chi connectivity index (χ3v) is 4.99. The molecule has 2 fully saturated rings. The molecule has 1 aromatic heterocycles. The fraction of sp³-hybridized carbons (Fsp3) is 0.688. The summed E-state index contributed by atoms with van der Waals surface area (Å²) in [5.41, 5.74) is 5.20. The molecule has 1 aliphatic carbocycles. The SMILES string of the molecule is NC(=O)C1CCC(Nc2nc(NC3CCOCC3)ncc2[N+](=O)[O-])CC1. The molecular formula is C16H24N6O4. The van der Waals surface area contributed by atoms with Gasteiger partial charge < -0.3 is 21.1 Å². The fourth-order valence-electron chi connectivity index (χ4n) is 3.42. The minimum absolute atomic E-state index is 0.0233. The van der Waals surface area contributed by atoms with E-state index in [2.05, 4.69) is 20.6 Å². The van der Waals surface area contributed by atoms with Gasteiger partial charge in [0.15, 0.2) is 0 Å². The van der Waals surface area contributed by atoms with Crippen LogP contribution in [0.25, 0.3) is 0 Å². The summed E-state index contributed by atoms with van der Waals surface area (Å²) in [4.78, 5) is 30.5. The van der Waals surface area contributed by atoms with Crippen molar-refractivity contribution in [3.05, 3.63) is 16.3 Å². The van der Waals surface area contributed by atoms with Crippen LogP contribution in [0, 0.1) is 16.0 Å². The molecule has 3 rings (SSSR count). The Balaban J connectivity index is 1.68.